The highest BCUT2D eigenvalue weighted by molar-refractivity contribution is 6.32. The molecule has 1 aromatic rings. The molecule has 1 amide bonds. The van der Waals surface area contributed by atoms with Gasteiger partial charge in [-0.15, -0.1) is 0 Å². The van der Waals surface area contributed by atoms with Gasteiger partial charge in [0.05, 0.1) is 5.02 Å². The lowest BCUT2D eigenvalue weighted by molar-refractivity contribution is 0.0613. The molecule has 2 fully saturated rings. The maximum atomic E-state index is 13.0. The quantitative estimate of drug-likeness (QED) is 0.844. The second-order valence-electron chi connectivity index (χ2n) is 6.43. The van der Waals surface area contributed by atoms with Gasteiger partial charge in [-0.1, -0.05) is 30.9 Å². The van der Waals surface area contributed by atoms with E-state index in [4.69, 9.17) is 21.1 Å². The highest BCUT2D eigenvalue weighted by atomic mass is 35.5. The monoisotopic (exact) mass is 321 g/mol. The Morgan fingerprint density at radius 1 is 1.05 bits per heavy atom. The zero-order valence-corrected chi connectivity index (χ0v) is 13.3. The third-order valence-electron chi connectivity index (χ3n) is 4.82. The van der Waals surface area contributed by atoms with E-state index in [1.54, 1.807) is 12.1 Å². The van der Waals surface area contributed by atoms with Gasteiger partial charge in [-0.05, 0) is 37.8 Å². The summed E-state index contributed by atoms with van der Waals surface area (Å²) in [4.78, 5) is 15.2. The molecule has 2 aliphatic carbocycles. The Labute approximate surface area is 135 Å². The molecular weight excluding hydrogens is 302 g/mol. The lowest BCUT2D eigenvalue weighted by Gasteiger charge is -2.34. The Bertz CT molecular complexity index is 594. The lowest BCUT2D eigenvalue weighted by atomic mass is 9.93. The second kappa shape index (κ2) is 5.65. The van der Waals surface area contributed by atoms with E-state index in [1.165, 1.54) is 19.3 Å². The molecule has 0 radical (unpaired) electrons. The minimum Gasteiger partial charge on any atom is -0.454 e. The molecule has 4 rings (SSSR count). The predicted octanol–water partition coefficient (Wildman–Crippen LogP) is 4.01. The van der Waals surface area contributed by atoms with Crippen molar-refractivity contribution < 1.29 is 14.3 Å². The van der Waals surface area contributed by atoms with Gasteiger partial charge in [0.25, 0.3) is 5.91 Å². The summed E-state index contributed by atoms with van der Waals surface area (Å²) in [5.74, 6) is 1.22. The Hall–Kier alpha value is -1.42. The average molecular weight is 322 g/mol. The van der Waals surface area contributed by atoms with Crippen molar-refractivity contribution in [2.45, 2.75) is 57.0 Å². The molecule has 1 aliphatic heterocycles. The zero-order chi connectivity index (χ0) is 15.1. The van der Waals surface area contributed by atoms with Crippen LogP contribution in [0.1, 0.15) is 55.3 Å². The van der Waals surface area contributed by atoms with E-state index >= 15 is 0 Å². The molecule has 5 heteroatoms. The Morgan fingerprint density at radius 2 is 1.77 bits per heavy atom. The first-order valence-electron chi connectivity index (χ1n) is 8.16. The first-order chi connectivity index (χ1) is 10.7. The molecule has 0 unspecified atom stereocenters. The van der Waals surface area contributed by atoms with Crippen LogP contribution in [0.5, 0.6) is 11.5 Å². The van der Waals surface area contributed by atoms with E-state index < -0.39 is 0 Å². The van der Waals surface area contributed by atoms with Crippen LogP contribution >= 0.6 is 11.6 Å². The molecule has 4 nitrogen and oxygen atoms in total. The molecule has 1 heterocycles. The normalized spacial score (nSPS) is 21.0. The minimum absolute atomic E-state index is 0.0922. The number of benzene rings is 1. The van der Waals surface area contributed by atoms with Crippen LogP contribution in [0.15, 0.2) is 12.1 Å². The first kappa shape index (κ1) is 14.2. The van der Waals surface area contributed by atoms with Crippen LogP contribution in [0, 0.1) is 0 Å². The SMILES string of the molecule is O=C(c1cc(Cl)c2c(c1)OCO2)N(C1CCCCC1)C1CC1. The van der Waals surface area contributed by atoms with Gasteiger partial charge in [-0.25, -0.2) is 0 Å². The number of hydrogen-bond acceptors (Lipinski definition) is 3. The minimum atomic E-state index is 0.0922. The summed E-state index contributed by atoms with van der Waals surface area (Å²) in [5.41, 5.74) is 0.617. The van der Waals surface area contributed by atoms with E-state index in [0.717, 1.165) is 25.7 Å². The summed E-state index contributed by atoms with van der Waals surface area (Å²) >= 11 is 6.23. The van der Waals surface area contributed by atoms with Crippen molar-refractivity contribution in [3.8, 4) is 11.5 Å². The molecule has 0 bridgehead atoms. The molecule has 3 aliphatic rings. The highest BCUT2D eigenvalue weighted by Gasteiger charge is 2.38. The van der Waals surface area contributed by atoms with Crippen molar-refractivity contribution in [3.63, 3.8) is 0 Å². The zero-order valence-electron chi connectivity index (χ0n) is 12.5. The van der Waals surface area contributed by atoms with Crippen molar-refractivity contribution in [1.29, 1.82) is 0 Å². The second-order valence-corrected chi connectivity index (χ2v) is 6.83. The number of amides is 1. The number of fused-ring (bicyclic) bond motifs is 1. The average Bonchev–Trinajstić information content (AvgIpc) is 3.24. The molecule has 0 spiro atoms. The fourth-order valence-corrected chi connectivity index (χ4v) is 3.85. The number of ether oxygens (including phenoxy) is 2. The maximum absolute atomic E-state index is 13.0. The summed E-state index contributed by atoms with van der Waals surface area (Å²) < 4.78 is 10.7. The third-order valence-corrected chi connectivity index (χ3v) is 5.10. The van der Waals surface area contributed by atoms with Gasteiger partial charge in [-0.2, -0.15) is 0 Å². The lowest BCUT2D eigenvalue weighted by Crippen LogP contribution is -2.43. The van der Waals surface area contributed by atoms with Gasteiger partial charge in [0, 0.05) is 17.6 Å². The topological polar surface area (TPSA) is 38.8 Å². The van der Waals surface area contributed by atoms with Gasteiger partial charge < -0.3 is 14.4 Å². The van der Waals surface area contributed by atoms with E-state index in [0.29, 0.717) is 34.2 Å². The van der Waals surface area contributed by atoms with E-state index in [9.17, 15) is 4.79 Å². The fourth-order valence-electron chi connectivity index (χ4n) is 3.58. The summed E-state index contributed by atoms with van der Waals surface area (Å²) in [6.45, 7) is 0.168. The van der Waals surface area contributed by atoms with Gasteiger partial charge in [0.2, 0.25) is 6.79 Å². The Balaban J connectivity index is 1.62. The molecule has 0 N–H and O–H groups in total. The molecule has 118 valence electrons. The van der Waals surface area contributed by atoms with Crippen LogP contribution in [-0.4, -0.2) is 29.7 Å². The molecule has 0 aromatic heterocycles. The summed E-state index contributed by atoms with van der Waals surface area (Å²) in [6.07, 6.45) is 8.24. The Morgan fingerprint density at radius 3 is 2.50 bits per heavy atom. The molecule has 0 saturated heterocycles. The van der Waals surface area contributed by atoms with Crippen LogP contribution in [0.4, 0.5) is 0 Å². The number of rotatable bonds is 3. The van der Waals surface area contributed by atoms with Gasteiger partial charge >= 0.3 is 0 Å². The van der Waals surface area contributed by atoms with Crippen molar-refractivity contribution >= 4 is 17.5 Å². The molecule has 2 saturated carbocycles. The van der Waals surface area contributed by atoms with E-state index in [-0.39, 0.29) is 12.7 Å². The van der Waals surface area contributed by atoms with Gasteiger partial charge in [0.15, 0.2) is 11.5 Å². The number of carbonyl (C=O) groups is 1. The summed E-state index contributed by atoms with van der Waals surface area (Å²) in [7, 11) is 0. The summed E-state index contributed by atoms with van der Waals surface area (Å²) in [6, 6.07) is 4.29. The van der Waals surface area contributed by atoms with E-state index in [1.807, 2.05) is 0 Å². The van der Waals surface area contributed by atoms with E-state index in [2.05, 4.69) is 4.90 Å². The predicted molar refractivity (Wildman–Crippen MR) is 83.6 cm³/mol. The standard InChI is InChI=1S/C17H20ClNO3/c18-14-8-11(9-15-16(14)22-10-21-15)17(20)19(13-6-7-13)12-4-2-1-3-5-12/h8-9,12-13H,1-7,10H2. The number of hydrogen-bond donors (Lipinski definition) is 0. The van der Waals surface area contributed by atoms with Crippen molar-refractivity contribution in [3.05, 3.63) is 22.7 Å². The maximum Gasteiger partial charge on any atom is 0.254 e. The largest absolute Gasteiger partial charge is 0.454 e. The van der Waals surface area contributed by atoms with Crippen molar-refractivity contribution in [2.24, 2.45) is 0 Å². The van der Waals surface area contributed by atoms with Crippen LogP contribution in [0.3, 0.4) is 0 Å². The first-order valence-corrected chi connectivity index (χ1v) is 8.53. The Kier molecular flexibility index (Phi) is 3.65. The van der Waals surface area contributed by atoms with Crippen LogP contribution in [-0.2, 0) is 0 Å². The van der Waals surface area contributed by atoms with Gasteiger partial charge in [0.1, 0.15) is 0 Å². The highest BCUT2D eigenvalue weighted by Crippen LogP contribution is 2.41. The molecule has 1 aromatic carbocycles. The van der Waals surface area contributed by atoms with Crippen molar-refractivity contribution in [2.75, 3.05) is 6.79 Å². The van der Waals surface area contributed by atoms with Crippen LogP contribution in [0.2, 0.25) is 5.02 Å². The molecule has 0 atom stereocenters. The van der Waals surface area contributed by atoms with Crippen LogP contribution < -0.4 is 9.47 Å². The number of halogens is 1. The third kappa shape index (κ3) is 2.54. The molecule has 22 heavy (non-hydrogen) atoms. The fraction of sp³-hybridized carbons (Fsp3) is 0.588. The summed E-state index contributed by atoms with van der Waals surface area (Å²) in [5, 5.41) is 0.456. The molecular formula is C17H20ClNO3. The van der Waals surface area contributed by atoms with Gasteiger partial charge in [-0.3, -0.25) is 4.79 Å². The smallest absolute Gasteiger partial charge is 0.254 e. The van der Waals surface area contributed by atoms with Crippen molar-refractivity contribution in [1.82, 2.24) is 4.90 Å². The number of carbonyl (C=O) groups excluding carboxylic acids is 1. The number of nitrogens with zero attached hydrogens (tertiary/aromatic N) is 1. The van der Waals surface area contributed by atoms with Crippen LogP contribution in [0.25, 0.3) is 0 Å².